The molecule has 3 N–H and O–H groups in total. The molecule has 2 heterocycles. The van der Waals surface area contributed by atoms with E-state index in [0.29, 0.717) is 29.4 Å². The summed E-state index contributed by atoms with van der Waals surface area (Å²) in [6.45, 7) is 9.14. The van der Waals surface area contributed by atoms with Crippen molar-refractivity contribution < 1.29 is 23.5 Å². The summed E-state index contributed by atoms with van der Waals surface area (Å²) < 4.78 is 32.1. The first-order valence-electron chi connectivity index (χ1n) is 11.9. The number of oxime groups is 1. The molecule has 3 atom stereocenters. The number of carbonyl (C=O) groups excluding carboxylic acids is 1. The second-order valence-electron chi connectivity index (χ2n) is 9.24. The average Bonchev–Trinajstić information content (AvgIpc) is 3.47. The molecule has 1 aliphatic rings. The van der Waals surface area contributed by atoms with E-state index >= 15 is 0 Å². The number of nitrogen functional groups attached to an aromatic ring is 1. The topological polar surface area (TPSA) is 156 Å². The normalized spacial score (nSPS) is 18.5. The first-order chi connectivity index (χ1) is 16.6. The third-order valence-corrected chi connectivity index (χ3v) is 7.39. The fourth-order valence-corrected chi connectivity index (χ4v) is 5.48. The molecule has 2 aromatic heterocycles. The number of esters is 1. The first-order valence-corrected chi connectivity index (χ1v) is 13.7. The summed E-state index contributed by atoms with van der Waals surface area (Å²) in [6, 6.07) is -0.874. The Balaban J connectivity index is 1.68. The number of rotatable bonds is 12. The summed E-state index contributed by atoms with van der Waals surface area (Å²) in [7, 11) is -3.70. The predicted octanol–water partition coefficient (Wildman–Crippen LogP) is 3.48. The summed E-state index contributed by atoms with van der Waals surface area (Å²) in [5.74, 6) is 0.0771. The van der Waals surface area contributed by atoms with Crippen molar-refractivity contribution in [2.75, 3.05) is 12.1 Å². The Morgan fingerprint density at radius 1 is 1.26 bits per heavy atom. The zero-order chi connectivity index (χ0) is 25.6. The van der Waals surface area contributed by atoms with Gasteiger partial charge in [0.05, 0.1) is 30.8 Å². The van der Waals surface area contributed by atoms with Gasteiger partial charge in [0.2, 0.25) is 0 Å². The second kappa shape index (κ2) is 11.9. The molecular formula is C22H36N7O5P. The van der Waals surface area contributed by atoms with Crippen LogP contribution in [-0.2, 0) is 30.0 Å². The van der Waals surface area contributed by atoms with Gasteiger partial charge in [-0.15, -0.1) is 0 Å². The van der Waals surface area contributed by atoms with Crippen LogP contribution in [0.4, 0.5) is 5.82 Å². The lowest BCUT2D eigenvalue weighted by molar-refractivity contribution is -0.149. The number of fused-ring (bicyclic) bond motifs is 1. The van der Waals surface area contributed by atoms with E-state index in [9.17, 15) is 9.36 Å². The van der Waals surface area contributed by atoms with Gasteiger partial charge < -0.3 is 24.4 Å². The summed E-state index contributed by atoms with van der Waals surface area (Å²) in [5.41, 5.74) is 7.72. The number of ether oxygens (including phenoxy) is 2. The lowest BCUT2D eigenvalue weighted by Crippen LogP contribution is -2.36. The highest BCUT2D eigenvalue weighted by Gasteiger charge is 2.32. The summed E-state index contributed by atoms with van der Waals surface area (Å²) in [6.07, 6.45) is 6.35. The van der Waals surface area contributed by atoms with Crippen molar-refractivity contribution in [1.29, 1.82) is 0 Å². The Morgan fingerprint density at radius 3 is 2.66 bits per heavy atom. The van der Waals surface area contributed by atoms with E-state index in [-0.39, 0.29) is 18.6 Å². The highest BCUT2D eigenvalue weighted by molar-refractivity contribution is 7.56. The van der Waals surface area contributed by atoms with Crippen molar-refractivity contribution in [2.24, 2.45) is 11.1 Å². The quantitative estimate of drug-likeness (QED) is 0.188. The van der Waals surface area contributed by atoms with Gasteiger partial charge in [-0.05, 0) is 47.5 Å². The molecule has 3 rings (SSSR count). The highest BCUT2D eigenvalue weighted by Crippen LogP contribution is 2.44. The molecule has 1 unspecified atom stereocenters. The van der Waals surface area contributed by atoms with Crippen molar-refractivity contribution in [1.82, 2.24) is 24.6 Å². The number of hydrogen-bond donors (Lipinski definition) is 2. The molecule has 0 radical (unpaired) electrons. The molecule has 35 heavy (non-hydrogen) atoms. The third kappa shape index (κ3) is 7.46. The number of hydrogen-bond acceptors (Lipinski definition) is 10. The van der Waals surface area contributed by atoms with Crippen molar-refractivity contribution >= 4 is 36.2 Å². The molecule has 0 aromatic carbocycles. The van der Waals surface area contributed by atoms with E-state index in [2.05, 4.69) is 25.2 Å². The van der Waals surface area contributed by atoms with E-state index in [1.807, 2.05) is 13.8 Å². The fraction of sp³-hybridized carbons (Fsp3) is 0.682. The maximum Gasteiger partial charge on any atom is 0.364 e. The highest BCUT2D eigenvalue weighted by atomic mass is 31.2. The molecule has 1 saturated carbocycles. The van der Waals surface area contributed by atoms with Crippen LogP contribution in [0.25, 0.3) is 11.2 Å². The molecule has 0 spiro atoms. The van der Waals surface area contributed by atoms with Crippen molar-refractivity contribution in [3.63, 3.8) is 0 Å². The smallest absolute Gasteiger partial charge is 0.364 e. The van der Waals surface area contributed by atoms with E-state index in [1.165, 1.54) is 6.33 Å². The number of anilines is 1. The molecule has 0 amide bonds. The van der Waals surface area contributed by atoms with Gasteiger partial charge >= 0.3 is 13.5 Å². The maximum absolute atomic E-state index is 13.7. The fourth-order valence-electron chi connectivity index (χ4n) is 3.90. The van der Waals surface area contributed by atoms with E-state index in [1.54, 1.807) is 31.7 Å². The van der Waals surface area contributed by atoms with Crippen LogP contribution >= 0.6 is 7.52 Å². The van der Waals surface area contributed by atoms with E-state index in [4.69, 9.17) is 19.8 Å². The summed E-state index contributed by atoms with van der Waals surface area (Å²) in [4.78, 5) is 24.7. The van der Waals surface area contributed by atoms with Gasteiger partial charge in [-0.25, -0.2) is 20.0 Å². The zero-order valence-corrected chi connectivity index (χ0v) is 21.9. The van der Waals surface area contributed by atoms with E-state index in [0.717, 1.165) is 31.4 Å². The summed E-state index contributed by atoms with van der Waals surface area (Å²) in [5, 5.41) is 6.93. The Hall–Kier alpha value is -2.56. The van der Waals surface area contributed by atoms with Crippen LogP contribution in [0.2, 0.25) is 0 Å². The molecule has 1 aliphatic carbocycles. The molecule has 0 bridgehead atoms. The van der Waals surface area contributed by atoms with Crippen LogP contribution in [0, 0.1) is 5.92 Å². The average molecular weight is 510 g/mol. The predicted molar refractivity (Wildman–Crippen MR) is 133 cm³/mol. The number of nitrogens with one attached hydrogen (secondary N) is 1. The Bertz CT molecular complexity index is 1080. The minimum atomic E-state index is -3.70. The van der Waals surface area contributed by atoms with Crippen molar-refractivity contribution in [3.8, 4) is 0 Å². The monoisotopic (exact) mass is 509 g/mol. The third-order valence-electron chi connectivity index (χ3n) is 5.77. The number of nitrogens with two attached hydrogens (primary N) is 1. The maximum atomic E-state index is 13.7. The molecule has 13 heteroatoms. The minimum absolute atomic E-state index is 0.293. The van der Waals surface area contributed by atoms with Crippen molar-refractivity contribution in [3.05, 3.63) is 12.7 Å². The SMILES string of the molecule is C/C(=N\OP(=O)(CO[C@H](C)Cn1cnc2c(N)ncnc21)N[C@@H](C)C(=O)OC(C)C)C1CCCC1. The van der Waals surface area contributed by atoms with Gasteiger partial charge in [0.25, 0.3) is 0 Å². The number of aromatic nitrogens is 4. The first kappa shape index (κ1) is 27.0. The van der Waals surface area contributed by atoms with Crippen LogP contribution in [-0.4, -0.2) is 55.8 Å². The van der Waals surface area contributed by atoms with Gasteiger partial charge in [-0.2, -0.15) is 0 Å². The number of imidazole rings is 1. The number of nitrogens with zero attached hydrogens (tertiary/aromatic N) is 5. The second-order valence-corrected chi connectivity index (χ2v) is 11.3. The lowest BCUT2D eigenvalue weighted by Gasteiger charge is -2.23. The van der Waals surface area contributed by atoms with Crippen LogP contribution < -0.4 is 10.8 Å². The molecule has 0 saturated heterocycles. The lowest BCUT2D eigenvalue weighted by atomic mass is 10.0. The standard InChI is InChI=1S/C22H36N7O5P/c1-14(2)33-22(30)17(5)28-35(31,34-27-16(4)18-8-6-7-9-18)13-32-15(3)10-29-12-26-19-20(23)24-11-25-21(19)29/h11-12,14-15,17-18H,6-10,13H2,1-5H3,(H,28,31)(H2,23,24,25)/b27-16+/t15-,17+,35?/m1/s1. The number of carbonyl (C=O) groups is 1. The molecule has 2 aromatic rings. The molecule has 12 nitrogen and oxygen atoms in total. The minimum Gasteiger partial charge on any atom is -0.462 e. The van der Waals surface area contributed by atoms with E-state index < -0.39 is 19.5 Å². The van der Waals surface area contributed by atoms with Gasteiger partial charge in [0, 0.05) is 5.92 Å². The van der Waals surface area contributed by atoms with Crippen LogP contribution in [0.3, 0.4) is 0 Å². The van der Waals surface area contributed by atoms with Crippen molar-refractivity contribution in [2.45, 2.75) is 85.1 Å². The Kier molecular flexibility index (Phi) is 9.21. The van der Waals surface area contributed by atoms with Crippen LogP contribution in [0.15, 0.2) is 17.8 Å². The molecule has 194 valence electrons. The largest absolute Gasteiger partial charge is 0.462 e. The Morgan fingerprint density at radius 2 is 1.97 bits per heavy atom. The molecule has 0 aliphatic heterocycles. The summed E-state index contributed by atoms with van der Waals surface area (Å²) >= 11 is 0. The zero-order valence-electron chi connectivity index (χ0n) is 21.0. The Labute approximate surface area is 205 Å². The van der Waals surface area contributed by atoms with Gasteiger partial charge in [-0.1, -0.05) is 18.0 Å². The van der Waals surface area contributed by atoms with Gasteiger partial charge in [0.1, 0.15) is 24.2 Å². The van der Waals surface area contributed by atoms with Gasteiger partial charge in [-0.3, -0.25) is 9.36 Å². The van der Waals surface area contributed by atoms with Crippen LogP contribution in [0.5, 0.6) is 0 Å². The van der Waals surface area contributed by atoms with Crippen LogP contribution in [0.1, 0.15) is 60.3 Å². The molecular weight excluding hydrogens is 473 g/mol. The molecule has 1 fully saturated rings. The van der Waals surface area contributed by atoms with Gasteiger partial charge in [0.15, 0.2) is 11.5 Å².